The van der Waals surface area contributed by atoms with Gasteiger partial charge in [-0.2, -0.15) is 0 Å². The maximum absolute atomic E-state index is 11.2. The first-order valence-electron chi connectivity index (χ1n) is 5.26. The molecule has 0 aliphatic heterocycles. The molecule has 0 saturated carbocycles. The van der Waals surface area contributed by atoms with Crippen LogP contribution in [0.5, 0.6) is 0 Å². The van der Waals surface area contributed by atoms with Crippen molar-refractivity contribution in [3.8, 4) is 0 Å². The molecule has 0 bridgehead atoms. The molecule has 0 aliphatic rings. The lowest BCUT2D eigenvalue weighted by Gasteiger charge is -2.12. The Morgan fingerprint density at radius 3 is 1.80 bits per heavy atom. The summed E-state index contributed by atoms with van der Waals surface area (Å²) in [5, 5.41) is 0. The summed E-state index contributed by atoms with van der Waals surface area (Å²) in [6.07, 6.45) is 0.211. The Morgan fingerprint density at radius 1 is 0.933 bits per heavy atom. The lowest BCUT2D eigenvalue weighted by molar-refractivity contribution is -0.142. The molecule has 0 heterocycles. The van der Waals surface area contributed by atoms with E-state index in [1.807, 2.05) is 13.8 Å². The maximum Gasteiger partial charge on any atom is 0.310 e. The Balaban J connectivity index is 4.34. The summed E-state index contributed by atoms with van der Waals surface area (Å²) in [7, 11) is 0. The van der Waals surface area contributed by atoms with E-state index in [1.165, 1.54) is 0 Å². The van der Waals surface area contributed by atoms with E-state index in [0.29, 0.717) is 25.8 Å². The Labute approximate surface area is 91.2 Å². The number of hydrogen-bond acceptors (Lipinski definition) is 4. The van der Waals surface area contributed by atoms with E-state index >= 15 is 0 Å². The summed E-state index contributed by atoms with van der Waals surface area (Å²) in [6.45, 7) is 8.77. The first kappa shape index (κ1) is 13.8. The van der Waals surface area contributed by atoms with Gasteiger partial charge in [-0.15, -0.1) is 0 Å². The molecule has 15 heavy (non-hydrogen) atoms. The number of ether oxygens (including phenoxy) is 3. The lowest BCUT2D eigenvalue weighted by atomic mass is 10.2. The van der Waals surface area contributed by atoms with Gasteiger partial charge in [0.2, 0.25) is 0 Å². The fourth-order valence-corrected chi connectivity index (χ4v) is 1.05. The van der Waals surface area contributed by atoms with Gasteiger partial charge in [0, 0.05) is 5.57 Å². The van der Waals surface area contributed by atoms with Gasteiger partial charge in [0.05, 0.1) is 26.2 Å². The van der Waals surface area contributed by atoms with Crippen LogP contribution >= 0.6 is 0 Å². The minimum absolute atomic E-state index is 0.211. The van der Waals surface area contributed by atoms with Gasteiger partial charge < -0.3 is 14.2 Å². The summed E-state index contributed by atoms with van der Waals surface area (Å²) < 4.78 is 15.4. The predicted molar refractivity (Wildman–Crippen MR) is 57.2 cm³/mol. The predicted octanol–water partition coefficient (Wildman–Crippen LogP) is 2.24. The van der Waals surface area contributed by atoms with Gasteiger partial charge in [-0.1, -0.05) is 0 Å². The molecule has 0 aromatic heterocycles. The second-order valence-corrected chi connectivity index (χ2v) is 2.92. The van der Waals surface area contributed by atoms with Crippen molar-refractivity contribution in [3.63, 3.8) is 0 Å². The third kappa shape index (κ3) is 5.99. The summed E-state index contributed by atoms with van der Waals surface area (Å²) in [6, 6.07) is 0. The summed E-state index contributed by atoms with van der Waals surface area (Å²) in [4.78, 5) is 11.2. The Bertz CT molecular complexity index is 213. The zero-order valence-electron chi connectivity index (χ0n) is 9.96. The Kier molecular flexibility index (Phi) is 7.50. The van der Waals surface area contributed by atoms with Crippen LogP contribution in [0.1, 0.15) is 34.1 Å². The third-order valence-corrected chi connectivity index (χ3v) is 1.61. The smallest absolute Gasteiger partial charge is 0.310 e. The largest absolute Gasteiger partial charge is 0.466 e. The van der Waals surface area contributed by atoms with Crippen LogP contribution in [0, 0.1) is 0 Å². The van der Waals surface area contributed by atoms with Crippen LogP contribution in [0.2, 0.25) is 0 Å². The van der Waals surface area contributed by atoms with Crippen molar-refractivity contribution in [1.29, 1.82) is 0 Å². The van der Waals surface area contributed by atoms with Crippen molar-refractivity contribution >= 4 is 5.97 Å². The first-order valence-corrected chi connectivity index (χ1v) is 5.26. The molecule has 0 amide bonds. The number of carbonyl (C=O) groups excluding carboxylic acids is 1. The summed E-state index contributed by atoms with van der Waals surface area (Å²) in [5.74, 6) is 0.181. The highest BCUT2D eigenvalue weighted by atomic mass is 16.7. The second-order valence-electron chi connectivity index (χ2n) is 2.92. The van der Waals surface area contributed by atoms with Crippen molar-refractivity contribution in [2.45, 2.75) is 34.1 Å². The van der Waals surface area contributed by atoms with Crippen LogP contribution in [0.15, 0.2) is 11.5 Å². The van der Waals surface area contributed by atoms with Crippen LogP contribution in [-0.2, 0) is 19.0 Å². The van der Waals surface area contributed by atoms with Crippen LogP contribution in [0.25, 0.3) is 0 Å². The van der Waals surface area contributed by atoms with E-state index in [-0.39, 0.29) is 12.4 Å². The molecule has 0 fully saturated rings. The van der Waals surface area contributed by atoms with E-state index < -0.39 is 0 Å². The number of carbonyl (C=O) groups is 1. The molecule has 0 rings (SSSR count). The zero-order valence-corrected chi connectivity index (χ0v) is 9.96. The quantitative estimate of drug-likeness (QED) is 0.483. The fraction of sp³-hybridized carbons (Fsp3) is 0.727. The number of esters is 1. The number of hydrogen-bond donors (Lipinski definition) is 0. The molecule has 0 aromatic rings. The van der Waals surface area contributed by atoms with Crippen LogP contribution in [0.4, 0.5) is 0 Å². The Morgan fingerprint density at radius 2 is 1.40 bits per heavy atom. The molecule has 0 unspecified atom stereocenters. The molecule has 0 N–H and O–H groups in total. The SMILES string of the molecule is CCOC(=O)CC(C)=C(OCC)OCC. The average Bonchev–Trinajstić information content (AvgIpc) is 2.17. The second kappa shape index (κ2) is 8.15. The van der Waals surface area contributed by atoms with Crippen LogP contribution in [0.3, 0.4) is 0 Å². The third-order valence-electron chi connectivity index (χ3n) is 1.61. The molecule has 88 valence electrons. The normalized spacial score (nSPS) is 9.33. The van der Waals surface area contributed by atoms with Gasteiger partial charge in [0.25, 0.3) is 5.95 Å². The van der Waals surface area contributed by atoms with Crippen molar-refractivity contribution in [3.05, 3.63) is 11.5 Å². The van der Waals surface area contributed by atoms with E-state index in [0.717, 1.165) is 5.57 Å². The molecular formula is C11H20O4. The molecule has 0 aromatic carbocycles. The summed E-state index contributed by atoms with van der Waals surface area (Å²) in [5.41, 5.74) is 0.761. The van der Waals surface area contributed by atoms with Gasteiger partial charge in [-0.3, -0.25) is 4.79 Å². The molecular weight excluding hydrogens is 196 g/mol. The topological polar surface area (TPSA) is 44.8 Å². The molecule has 0 aliphatic carbocycles. The minimum Gasteiger partial charge on any atom is -0.466 e. The van der Waals surface area contributed by atoms with E-state index in [4.69, 9.17) is 14.2 Å². The Hall–Kier alpha value is -1.19. The lowest BCUT2D eigenvalue weighted by Crippen LogP contribution is -2.08. The van der Waals surface area contributed by atoms with E-state index in [9.17, 15) is 4.79 Å². The van der Waals surface area contributed by atoms with Gasteiger partial charge >= 0.3 is 5.97 Å². The van der Waals surface area contributed by atoms with Crippen molar-refractivity contribution in [1.82, 2.24) is 0 Å². The molecule has 0 spiro atoms. The molecule has 0 radical (unpaired) electrons. The highest BCUT2D eigenvalue weighted by Crippen LogP contribution is 2.12. The van der Waals surface area contributed by atoms with Gasteiger partial charge in [-0.25, -0.2) is 0 Å². The van der Waals surface area contributed by atoms with Gasteiger partial charge in [-0.05, 0) is 27.7 Å². The van der Waals surface area contributed by atoms with Crippen LogP contribution < -0.4 is 0 Å². The van der Waals surface area contributed by atoms with Crippen molar-refractivity contribution in [2.75, 3.05) is 19.8 Å². The maximum atomic E-state index is 11.2. The molecule has 4 heteroatoms. The van der Waals surface area contributed by atoms with Crippen LogP contribution in [-0.4, -0.2) is 25.8 Å². The minimum atomic E-state index is -0.257. The fourth-order valence-electron chi connectivity index (χ4n) is 1.05. The van der Waals surface area contributed by atoms with E-state index in [1.54, 1.807) is 13.8 Å². The van der Waals surface area contributed by atoms with Crippen molar-refractivity contribution < 1.29 is 19.0 Å². The molecule has 0 atom stereocenters. The number of rotatable bonds is 7. The van der Waals surface area contributed by atoms with Gasteiger partial charge in [0.1, 0.15) is 0 Å². The van der Waals surface area contributed by atoms with Gasteiger partial charge in [0.15, 0.2) is 0 Å². The average molecular weight is 216 g/mol. The monoisotopic (exact) mass is 216 g/mol. The molecule has 4 nitrogen and oxygen atoms in total. The zero-order chi connectivity index (χ0) is 11.7. The highest BCUT2D eigenvalue weighted by molar-refractivity contribution is 5.72. The van der Waals surface area contributed by atoms with E-state index in [2.05, 4.69) is 0 Å². The standard InChI is InChI=1S/C11H20O4/c1-5-13-10(12)8-9(4)11(14-6-2)15-7-3/h5-8H2,1-4H3. The summed E-state index contributed by atoms with van der Waals surface area (Å²) >= 11 is 0. The molecule has 0 saturated heterocycles. The first-order chi connectivity index (χ1) is 7.15. The highest BCUT2D eigenvalue weighted by Gasteiger charge is 2.10. The van der Waals surface area contributed by atoms with Crippen molar-refractivity contribution in [2.24, 2.45) is 0 Å².